The second kappa shape index (κ2) is 13.4. The molecule has 3 aromatic carbocycles. The van der Waals surface area contributed by atoms with E-state index in [0.717, 1.165) is 18.2 Å². The van der Waals surface area contributed by atoms with Gasteiger partial charge in [0.2, 0.25) is 0 Å². The number of carbonyl (C=O) groups is 3. The minimum Gasteiger partial charge on any atom is -0.508 e. The monoisotopic (exact) mass is 656 g/mol. The number of rotatable bonds is 11. The molecule has 0 radical (unpaired) electrons. The van der Waals surface area contributed by atoms with Gasteiger partial charge in [0, 0.05) is 18.2 Å². The highest BCUT2D eigenvalue weighted by Crippen LogP contribution is 2.57. The summed E-state index contributed by atoms with van der Waals surface area (Å²) in [6, 6.07) is 11.0. The van der Waals surface area contributed by atoms with Crippen molar-refractivity contribution in [1.82, 2.24) is 0 Å². The quantitative estimate of drug-likeness (QED) is 0.110. The van der Waals surface area contributed by atoms with Crippen LogP contribution in [0.3, 0.4) is 0 Å². The van der Waals surface area contributed by atoms with Crippen LogP contribution in [0, 0.1) is 0 Å². The predicted molar refractivity (Wildman–Crippen MR) is 170 cm³/mol. The first kappa shape index (κ1) is 32.5. The van der Waals surface area contributed by atoms with Gasteiger partial charge in [-0.3, -0.25) is 0 Å². The second-order valence-corrected chi connectivity index (χ2v) is 11.4. The molecule has 0 amide bonds. The zero-order valence-electron chi connectivity index (χ0n) is 26.1. The van der Waals surface area contributed by atoms with E-state index in [9.17, 15) is 29.7 Å². The van der Waals surface area contributed by atoms with Crippen molar-refractivity contribution in [2.45, 2.75) is 57.4 Å². The van der Waals surface area contributed by atoms with Crippen LogP contribution in [0.2, 0.25) is 0 Å². The van der Waals surface area contributed by atoms with E-state index in [1.165, 1.54) is 66.8 Å². The van der Waals surface area contributed by atoms with Crippen LogP contribution < -0.4 is 14.2 Å². The Morgan fingerprint density at radius 1 is 0.542 bits per heavy atom. The maximum absolute atomic E-state index is 13.3. The first-order chi connectivity index (χ1) is 23.0. The van der Waals surface area contributed by atoms with Gasteiger partial charge in [-0.05, 0) is 74.4 Å². The Balaban J connectivity index is 1.55. The van der Waals surface area contributed by atoms with Crippen molar-refractivity contribution in [2.24, 2.45) is 0 Å². The number of aromatic hydroxyl groups is 3. The molecule has 0 saturated carbocycles. The SMILES string of the molecule is C[C@@H]1O[C@H]1/C=C\C(=O)Oc1c(OC(=O)/C=C\[C@@H]2O[C@H]2C)c(-c2ccc(O)cc2)c(OC(=O)/C=C\[C@@H]2O[C@H]2C)c(O)c1-c1ccc(O)cc1. The van der Waals surface area contributed by atoms with Gasteiger partial charge in [-0.1, -0.05) is 24.3 Å². The lowest BCUT2D eigenvalue weighted by atomic mass is 9.95. The summed E-state index contributed by atoms with van der Waals surface area (Å²) >= 11 is 0. The summed E-state index contributed by atoms with van der Waals surface area (Å²) in [5.74, 6) is -4.75. The molecule has 6 atom stereocenters. The van der Waals surface area contributed by atoms with Crippen molar-refractivity contribution < 1.29 is 58.1 Å². The summed E-state index contributed by atoms with van der Waals surface area (Å²) in [7, 11) is 0. The van der Waals surface area contributed by atoms with Crippen LogP contribution >= 0.6 is 0 Å². The standard InChI is InChI=1S/C36H32O12/c1-18-25(43-18)12-15-28(39)46-34-32(22-6-10-24(38)11-7-22)36(48-30(41)17-14-27-20(3)45-27)35(47-29(40)16-13-26-19(2)44-26)31(33(34)42)21-4-8-23(37)9-5-21/h4-20,25-27,37-38,42H,1-3H3/b15-12-,16-13-,17-14-/t18-,19-,20-,25-,26-,27-/m0/s1. The molecule has 0 unspecified atom stereocenters. The van der Waals surface area contributed by atoms with Crippen molar-refractivity contribution in [3.05, 3.63) is 85.0 Å². The van der Waals surface area contributed by atoms with Crippen LogP contribution in [0.5, 0.6) is 34.5 Å². The highest BCUT2D eigenvalue weighted by Gasteiger charge is 2.35. The zero-order chi connectivity index (χ0) is 34.1. The molecular weight excluding hydrogens is 624 g/mol. The van der Waals surface area contributed by atoms with Crippen LogP contribution in [0.4, 0.5) is 0 Å². The van der Waals surface area contributed by atoms with Crippen molar-refractivity contribution in [2.75, 3.05) is 0 Å². The van der Waals surface area contributed by atoms with E-state index in [1.54, 1.807) is 0 Å². The minimum atomic E-state index is -0.898. The maximum Gasteiger partial charge on any atom is 0.336 e. The first-order valence-corrected chi connectivity index (χ1v) is 15.2. The normalized spacial score (nSPS) is 24.1. The Morgan fingerprint density at radius 2 is 0.854 bits per heavy atom. The Kier molecular flexibility index (Phi) is 9.05. The van der Waals surface area contributed by atoms with Gasteiger partial charge in [0.15, 0.2) is 23.0 Å². The molecule has 248 valence electrons. The molecule has 0 aliphatic carbocycles. The van der Waals surface area contributed by atoms with Gasteiger partial charge in [0.05, 0.1) is 29.4 Å². The van der Waals surface area contributed by atoms with Gasteiger partial charge in [0.1, 0.15) is 29.8 Å². The number of hydrogen-bond acceptors (Lipinski definition) is 12. The fourth-order valence-electron chi connectivity index (χ4n) is 4.89. The second-order valence-electron chi connectivity index (χ2n) is 11.4. The highest BCUT2D eigenvalue weighted by atomic mass is 16.6. The Morgan fingerprint density at radius 3 is 1.21 bits per heavy atom. The van der Waals surface area contributed by atoms with Crippen molar-refractivity contribution in [3.63, 3.8) is 0 Å². The fourth-order valence-corrected chi connectivity index (χ4v) is 4.89. The smallest absolute Gasteiger partial charge is 0.336 e. The average molecular weight is 657 g/mol. The summed E-state index contributed by atoms with van der Waals surface area (Å²) < 4.78 is 33.4. The third kappa shape index (κ3) is 7.58. The molecule has 3 aliphatic heterocycles. The number of benzene rings is 3. The van der Waals surface area contributed by atoms with Crippen molar-refractivity contribution in [1.29, 1.82) is 0 Å². The lowest BCUT2D eigenvalue weighted by Crippen LogP contribution is -2.13. The first-order valence-electron chi connectivity index (χ1n) is 15.2. The Bertz CT molecular complexity index is 1820. The van der Waals surface area contributed by atoms with E-state index in [1.807, 2.05) is 20.8 Å². The molecule has 0 aromatic heterocycles. The molecule has 3 aromatic rings. The molecular formula is C36H32O12. The van der Waals surface area contributed by atoms with Crippen molar-refractivity contribution >= 4 is 17.9 Å². The third-order valence-corrected chi connectivity index (χ3v) is 7.80. The van der Waals surface area contributed by atoms with Gasteiger partial charge in [-0.2, -0.15) is 0 Å². The van der Waals surface area contributed by atoms with E-state index in [0.29, 0.717) is 0 Å². The number of phenolic OH excluding ortho intramolecular Hbond substituents is 3. The molecule has 3 N–H and O–H groups in total. The molecule has 12 heteroatoms. The molecule has 3 aliphatic rings. The van der Waals surface area contributed by atoms with E-state index in [-0.39, 0.29) is 76.1 Å². The third-order valence-electron chi connectivity index (χ3n) is 7.80. The van der Waals surface area contributed by atoms with Crippen LogP contribution in [0.25, 0.3) is 22.3 Å². The lowest BCUT2D eigenvalue weighted by Gasteiger charge is -2.22. The average Bonchev–Trinajstić information content (AvgIpc) is 4.01. The molecule has 3 heterocycles. The van der Waals surface area contributed by atoms with Gasteiger partial charge in [-0.15, -0.1) is 0 Å². The van der Waals surface area contributed by atoms with Crippen molar-refractivity contribution in [3.8, 4) is 56.8 Å². The van der Waals surface area contributed by atoms with Gasteiger partial charge < -0.3 is 43.7 Å². The molecule has 0 spiro atoms. The largest absolute Gasteiger partial charge is 0.508 e. The van der Waals surface area contributed by atoms with E-state index >= 15 is 0 Å². The molecule has 48 heavy (non-hydrogen) atoms. The number of carbonyl (C=O) groups excluding carboxylic acids is 3. The lowest BCUT2D eigenvalue weighted by molar-refractivity contribution is -0.131. The summed E-state index contributed by atoms with van der Waals surface area (Å²) in [5.41, 5.74) is 0.0866. The summed E-state index contributed by atoms with van der Waals surface area (Å²) in [4.78, 5) is 39.7. The summed E-state index contributed by atoms with van der Waals surface area (Å²) in [5, 5.41) is 31.9. The predicted octanol–water partition coefficient (Wildman–Crippen LogP) is 4.88. The maximum atomic E-state index is 13.3. The molecule has 0 bridgehead atoms. The van der Waals surface area contributed by atoms with Crippen LogP contribution in [-0.2, 0) is 28.6 Å². The summed E-state index contributed by atoms with van der Waals surface area (Å²) in [6.07, 6.45) is 6.84. The Hall–Kier alpha value is -5.43. The molecule has 3 saturated heterocycles. The van der Waals surface area contributed by atoms with Crippen LogP contribution in [-0.4, -0.2) is 69.9 Å². The van der Waals surface area contributed by atoms with Crippen LogP contribution in [0.15, 0.2) is 85.0 Å². The number of phenols is 3. The molecule has 12 nitrogen and oxygen atoms in total. The van der Waals surface area contributed by atoms with Gasteiger partial charge in [0.25, 0.3) is 0 Å². The highest BCUT2D eigenvalue weighted by molar-refractivity contribution is 6.00. The number of esters is 3. The van der Waals surface area contributed by atoms with Gasteiger partial charge in [-0.25, -0.2) is 14.4 Å². The van der Waals surface area contributed by atoms with E-state index in [4.69, 9.17) is 28.4 Å². The zero-order valence-corrected chi connectivity index (χ0v) is 26.1. The number of ether oxygens (including phenoxy) is 6. The van der Waals surface area contributed by atoms with Crippen LogP contribution in [0.1, 0.15) is 20.8 Å². The van der Waals surface area contributed by atoms with E-state index < -0.39 is 35.2 Å². The van der Waals surface area contributed by atoms with Gasteiger partial charge >= 0.3 is 17.9 Å². The minimum absolute atomic E-state index is 0.0723. The Labute approximate surface area is 275 Å². The topological polar surface area (TPSA) is 177 Å². The van der Waals surface area contributed by atoms with E-state index in [2.05, 4.69) is 0 Å². The fraction of sp³-hybridized carbons (Fsp3) is 0.250. The number of epoxide rings is 3. The number of hydrogen-bond donors (Lipinski definition) is 3. The molecule has 6 rings (SSSR count). The summed E-state index contributed by atoms with van der Waals surface area (Å²) in [6.45, 7) is 5.49. The molecule has 3 fully saturated rings.